The third-order valence-corrected chi connectivity index (χ3v) is 9.48. The number of nitrogens with zero attached hydrogens (tertiary/aromatic N) is 1. The molecule has 0 amide bonds. The molecule has 3 aromatic carbocycles. The van der Waals surface area contributed by atoms with Crippen LogP contribution in [-0.2, 0) is 33.7 Å². The van der Waals surface area contributed by atoms with Crippen LogP contribution >= 0.6 is 11.3 Å². The molecule has 0 radical (unpaired) electrons. The number of aromatic nitrogens is 1. The molecule has 6 rings (SSSR count). The van der Waals surface area contributed by atoms with Crippen LogP contribution in [0.2, 0.25) is 0 Å². The van der Waals surface area contributed by atoms with Crippen LogP contribution in [0.15, 0.2) is 91.1 Å². The number of Topliss-reactive ketones (excluding diaryl/α,β-unsaturated/α-hetero) is 2. The summed E-state index contributed by atoms with van der Waals surface area (Å²) in [6, 6.07) is 26.4. The molecule has 5 aromatic rings. The number of halogens is 1. The zero-order valence-corrected chi connectivity index (χ0v) is 26.2. The number of nitrogens with one attached hydrogen (secondary N) is 1. The molecule has 45 heavy (non-hydrogen) atoms. The maximum absolute atomic E-state index is 15.3. The number of ketones is 2. The van der Waals surface area contributed by atoms with Gasteiger partial charge in [-0.1, -0.05) is 60.7 Å². The smallest absolute Gasteiger partial charge is 0.166 e. The number of methoxy groups -OCH3 is 1. The number of fused-ring (bicyclic) bond motifs is 1. The maximum Gasteiger partial charge on any atom is 0.166 e. The second kappa shape index (κ2) is 13.4. The first-order valence-electron chi connectivity index (χ1n) is 15.1. The Hall–Kier alpha value is -4.24. The summed E-state index contributed by atoms with van der Waals surface area (Å²) >= 11 is 1.54. The van der Waals surface area contributed by atoms with Gasteiger partial charge in [0.05, 0.1) is 22.2 Å². The van der Waals surface area contributed by atoms with E-state index in [1.165, 1.54) is 23.0 Å². The molecule has 1 fully saturated rings. The third kappa shape index (κ3) is 7.04. The number of pyridine rings is 1. The van der Waals surface area contributed by atoms with E-state index in [4.69, 9.17) is 9.47 Å². The van der Waals surface area contributed by atoms with Crippen molar-refractivity contribution in [2.75, 3.05) is 13.7 Å². The van der Waals surface area contributed by atoms with Gasteiger partial charge in [0.2, 0.25) is 0 Å². The second-order valence-electron chi connectivity index (χ2n) is 11.7. The Balaban J connectivity index is 1.12. The molecule has 1 N–H and O–H groups in total. The minimum atomic E-state index is -0.944. The molecule has 0 spiro atoms. The van der Waals surface area contributed by atoms with Crippen molar-refractivity contribution in [3.8, 4) is 21.9 Å². The third-order valence-electron chi connectivity index (χ3n) is 8.29. The van der Waals surface area contributed by atoms with Crippen molar-refractivity contribution in [3.63, 3.8) is 0 Å². The SMILES string of the molecule is COCC(C)NCc1ccc(-c2cc3nccc(Oc4ccc(CC(=O)C5(C(=O)Cc6ccccc6)CC5)cc4F)c3s2)cc1. The Bertz CT molecular complexity index is 1820. The first kappa shape index (κ1) is 30.8. The number of benzene rings is 3. The molecule has 1 aliphatic carbocycles. The lowest BCUT2D eigenvalue weighted by atomic mass is 9.88. The predicted molar refractivity (Wildman–Crippen MR) is 175 cm³/mol. The minimum Gasteiger partial charge on any atom is -0.453 e. The summed E-state index contributed by atoms with van der Waals surface area (Å²) in [5.41, 5.74) is 3.48. The Kier molecular flexibility index (Phi) is 9.16. The number of carbonyl (C=O) groups excluding carboxylic acids is 2. The highest BCUT2D eigenvalue weighted by molar-refractivity contribution is 7.22. The average Bonchev–Trinajstić information content (AvgIpc) is 3.75. The maximum atomic E-state index is 15.3. The summed E-state index contributed by atoms with van der Waals surface area (Å²) in [5.74, 6) is -0.198. The van der Waals surface area contributed by atoms with Gasteiger partial charge in [0, 0.05) is 49.7 Å². The Morgan fingerprint density at radius 1 is 0.911 bits per heavy atom. The largest absolute Gasteiger partial charge is 0.453 e. The molecule has 1 aliphatic rings. The van der Waals surface area contributed by atoms with Crippen molar-refractivity contribution in [1.82, 2.24) is 10.3 Å². The van der Waals surface area contributed by atoms with Crippen molar-refractivity contribution in [3.05, 3.63) is 114 Å². The topological polar surface area (TPSA) is 77.5 Å². The van der Waals surface area contributed by atoms with Crippen molar-refractivity contribution in [2.45, 2.75) is 45.2 Å². The van der Waals surface area contributed by atoms with E-state index in [1.807, 2.05) is 36.4 Å². The van der Waals surface area contributed by atoms with Crippen molar-refractivity contribution >= 4 is 33.1 Å². The van der Waals surface area contributed by atoms with Gasteiger partial charge in [-0.15, -0.1) is 11.3 Å². The molecule has 0 saturated heterocycles. The van der Waals surface area contributed by atoms with Crippen LogP contribution in [0, 0.1) is 11.2 Å². The number of hydrogen-bond donors (Lipinski definition) is 1. The van der Waals surface area contributed by atoms with Crippen molar-refractivity contribution < 1.29 is 23.5 Å². The zero-order chi connectivity index (χ0) is 31.4. The lowest BCUT2D eigenvalue weighted by molar-refractivity contribution is -0.133. The lowest BCUT2D eigenvalue weighted by Crippen LogP contribution is -2.29. The van der Waals surface area contributed by atoms with E-state index >= 15 is 4.39 Å². The van der Waals surface area contributed by atoms with Crippen LogP contribution in [-0.4, -0.2) is 36.3 Å². The molecular weight excluding hydrogens is 587 g/mol. The van der Waals surface area contributed by atoms with E-state index in [-0.39, 0.29) is 36.2 Å². The summed E-state index contributed by atoms with van der Waals surface area (Å²) in [6.07, 6.45) is 2.99. The normalized spacial score (nSPS) is 14.3. The van der Waals surface area contributed by atoms with E-state index in [9.17, 15) is 9.59 Å². The first-order chi connectivity index (χ1) is 21.8. The summed E-state index contributed by atoms with van der Waals surface area (Å²) < 4.78 is 27.3. The number of ether oxygens (including phenoxy) is 2. The van der Waals surface area contributed by atoms with Crippen LogP contribution in [0.4, 0.5) is 4.39 Å². The van der Waals surface area contributed by atoms with E-state index in [2.05, 4.69) is 41.5 Å². The van der Waals surface area contributed by atoms with Gasteiger partial charge < -0.3 is 14.8 Å². The molecular formula is C37H35FN2O4S. The van der Waals surface area contributed by atoms with Crippen LogP contribution in [0.3, 0.4) is 0 Å². The first-order valence-corrected chi connectivity index (χ1v) is 15.9. The van der Waals surface area contributed by atoms with E-state index < -0.39 is 11.2 Å². The fourth-order valence-corrected chi connectivity index (χ4v) is 6.59. The molecule has 6 nitrogen and oxygen atoms in total. The van der Waals surface area contributed by atoms with Crippen LogP contribution in [0.5, 0.6) is 11.5 Å². The van der Waals surface area contributed by atoms with Crippen molar-refractivity contribution in [1.29, 1.82) is 0 Å². The highest BCUT2D eigenvalue weighted by Gasteiger charge is 2.54. The fourth-order valence-electron chi connectivity index (χ4n) is 5.52. The van der Waals surface area contributed by atoms with E-state index in [1.54, 1.807) is 31.5 Å². The Morgan fingerprint density at radius 2 is 1.62 bits per heavy atom. The number of rotatable bonds is 14. The minimum absolute atomic E-state index is 0.00650. The van der Waals surface area contributed by atoms with Gasteiger partial charge in [-0.25, -0.2) is 4.39 Å². The summed E-state index contributed by atoms with van der Waals surface area (Å²) in [4.78, 5) is 31.7. The van der Waals surface area contributed by atoms with Gasteiger partial charge >= 0.3 is 0 Å². The van der Waals surface area contributed by atoms with Crippen LogP contribution in [0.1, 0.15) is 36.5 Å². The average molecular weight is 623 g/mol. The molecule has 1 saturated carbocycles. The van der Waals surface area contributed by atoms with E-state index in [0.29, 0.717) is 30.8 Å². The lowest BCUT2D eigenvalue weighted by Gasteiger charge is -2.14. The number of hydrogen-bond acceptors (Lipinski definition) is 7. The Labute approximate surface area is 266 Å². The summed E-state index contributed by atoms with van der Waals surface area (Å²) in [7, 11) is 1.70. The van der Waals surface area contributed by atoms with Gasteiger partial charge in [-0.2, -0.15) is 0 Å². The molecule has 0 aliphatic heterocycles. The van der Waals surface area contributed by atoms with E-state index in [0.717, 1.165) is 32.8 Å². The standard InChI is InChI=1S/C37H35FN2O4S/c1-24(23-43-2)40-22-26-8-11-28(12-9-26)33-21-30-36(45-33)32(14-17-39-30)44-31-13-10-27(18-29(31)38)20-35(42)37(15-16-37)34(41)19-25-6-4-3-5-7-25/h3-14,17-18,21,24,40H,15-16,19-20,22-23H2,1-2H3. The van der Waals surface area contributed by atoms with Gasteiger partial charge in [0.25, 0.3) is 0 Å². The molecule has 0 bridgehead atoms. The molecule has 230 valence electrons. The van der Waals surface area contributed by atoms with Crippen LogP contribution < -0.4 is 10.1 Å². The molecule has 2 aromatic heterocycles. The molecule has 8 heteroatoms. The second-order valence-corrected chi connectivity index (χ2v) is 12.8. The Morgan fingerprint density at radius 3 is 2.31 bits per heavy atom. The zero-order valence-electron chi connectivity index (χ0n) is 25.3. The molecule has 1 unspecified atom stereocenters. The highest BCUT2D eigenvalue weighted by atomic mass is 32.1. The van der Waals surface area contributed by atoms with Crippen LogP contribution in [0.25, 0.3) is 20.7 Å². The van der Waals surface area contributed by atoms with Gasteiger partial charge in [0.15, 0.2) is 23.1 Å². The number of carbonyl (C=O) groups is 2. The molecule has 1 atom stereocenters. The predicted octanol–water partition coefficient (Wildman–Crippen LogP) is 7.72. The van der Waals surface area contributed by atoms with Gasteiger partial charge in [-0.3, -0.25) is 14.6 Å². The quantitative estimate of drug-likeness (QED) is 0.128. The van der Waals surface area contributed by atoms with Gasteiger partial charge in [0.1, 0.15) is 5.75 Å². The molecule has 2 heterocycles. The van der Waals surface area contributed by atoms with Gasteiger partial charge in [-0.05, 0) is 60.2 Å². The summed E-state index contributed by atoms with van der Waals surface area (Å²) in [6.45, 7) is 3.50. The monoisotopic (exact) mass is 622 g/mol. The van der Waals surface area contributed by atoms with Crippen molar-refractivity contribution in [2.24, 2.45) is 5.41 Å². The summed E-state index contributed by atoms with van der Waals surface area (Å²) in [5, 5.41) is 3.44. The number of thiophene rings is 1. The fraction of sp³-hybridized carbons (Fsp3) is 0.270. The highest BCUT2D eigenvalue weighted by Crippen LogP contribution is 2.49.